The van der Waals surface area contributed by atoms with Gasteiger partial charge in [0.05, 0.1) is 24.9 Å². The van der Waals surface area contributed by atoms with E-state index in [4.69, 9.17) is 9.84 Å². The van der Waals surface area contributed by atoms with Crippen molar-refractivity contribution in [1.82, 2.24) is 5.32 Å². The molecule has 1 aromatic rings. The first-order valence-electron chi connectivity index (χ1n) is 5.81. The molecule has 20 heavy (non-hydrogen) atoms. The fraction of sp³-hybridized carbons (Fsp3) is 0.333. The number of para-hydroxylation sites is 1. The zero-order valence-electron chi connectivity index (χ0n) is 10.2. The Morgan fingerprint density at radius 3 is 2.80 bits per heavy atom. The Morgan fingerprint density at radius 2 is 2.15 bits per heavy atom. The summed E-state index contributed by atoms with van der Waals surface area (Å²) in [4.78, 5) is 22.7. The fourth-order valence-electron chi connectivity index (χ4n) is 1.88. The van der Waals surface area contributed by atoms with Gasteiger partial charge in [-0.3, -0.25) is 4.79 Å². The second-order valence-corrected chi connectivity index (χ2v) is 5.14. The number of urea groups is 1. The first kappa shape index (κ1) is 14.7. The van der Waals surface area contributed by atoms with E-state index in [9.17, 15) is 14.0 Å². The standard InChI is InChI=1S/C12H12BrFN2O4/c13-7-2-1-3-8(14)10(7)16-12(19)15-9-5-20-4-6(9)11(17)18/h1-3,6,9H,4-5H2,(H,17,18)(H2,15,16,19). The molecule has 2 amide bonds. The third-order valence-electron chi connectivity index (χ3n) is 2.92. The molecule has 2 rings (SSSR count). The van der Waals surface area contributed by atoms with Crippen molar-refractivity contribution in [1.29, 1.82) is 0 Å². The van der Waals surface area contributed by atoms with Crippen molar-refractivity contribution in [3.8, 4) is 0 Å². The van der Waals surface area contributed by atoms with Crippen molar-refractivity contribution in [2.24, 2.45) is 5.92 Å². The summed E-state index contributed by atoms with van der Waals surface area (Å²) in [5.41, 5.74) is -0.00390. The lowest BCUT2D eigenvalue weighted by atomic mass is 10.0. The van der Waals surface area contributed by atoms with Gasteiger partial charge in [-0.05, 0) is 28.1 Å². The SMILES string of the molecule is O=C(Nc1c(F)cccc1Br)NC1COCC1C(=O)O. The average Bonchev–Trinajstić information content (AvgIpc) is 2.82. The highest BCUT2D eigenvalue weighted by molar-refractivity contribution is 9.10. The average molecular weight is 347 g/mol. The Balaban J connectivity index is 2.01. The molecular formula is C12H12BrFN2O4. The van der Waals surface area contributed by atoms with Crippen LogP contribution in [0.4, 0.5) is 14.9 Å². The minimum absolute atomic E-state index is 0.00390. The van der Waals surface area contributed by atoms with E-state index >= 15 is 0 Å². The van der Waals surface area contributed by atoms with E-state index in [0.29, 0.717) is 4.47 Å². The maximum Gasteiger partial charge on any atom is 0.319 e. The van der Waals surface area contributed by atoms with Crippen LogP contribution in [-0.4, -0.2) is 36.4 Å². The minimum atomic E-state index is -1.04. The molecule has 0 radical (unpaired) electrons. The van der Waals surface area contributed by atoms with Gasteiger partial charge in [0.15, 0.2) is 0 Å². The number of carboxylic acid groups (broad SMARTS) is 1. The molecular weight excluding hydrogens is 335 g/mol. The largest absolute Gasteiger partial charge is 0.481 e. The third kappa shape index (κ3) is 3.26. The van der Waals surface area contributed by atoms with Crippen molar-refractivity contribution in [3.05, 3.63) is 28.5 Å². The molecule has 1 aromatic carbocycles. The van der Waals surface area contributed by atoms with E-state index in [-0.39, 0.29) is 18.9 Å². The topological polar surface area (TPSA) is 87.7 Å². The summed E-state index contributed by atoms with van der Waals surface area (Å²) in [5, 5.41) is 13.8. The van der Waals surface area contributed by atoms with Gasteiger partial charge in [0.2, 0.25) is 0 Å². The van der Waals surface area contributed by atoms with Crippen LogP contribution in [0.2, 0.25) is 0 Å². The third-order valence-corrected chi connectivity index (χ3v) is 3.58. The molecule has 3 N–H and O–H groups in total. The van der Waals surface area contributed by atoms with E-state index in [1.54, 1.807) is 6.07 Å². The Hall–Kier alpha value is -1.67. The number of rotatable bonds is 3. The molecule has 0 aromatic heterocycles. The molecule has 8 heteroatoms. The smallest absolute Gasteiger partial charge is 0.319 e. The molecule has 1 aliphatic rings. The Labute approximate surface area is 122 Å². The number of carboxylic acids is 1. The highest BCUT2D eigenvalue weighted by Crippen LogP contribution is 2.25. The van der Waals surface area contributed by atoms with Crippen LogP contribution in [0.3, 0.4) is 0 Å². The van der Waals surface area contributed by atoms with Crippen LogP contribution >= 0.6 is 15.9 Å². The number of ether oxygens (including phenoxy) is 1. The molecule has 108 valence electrons. The number of aliphatic carboxylic acids is 1. The first-order valence-corrected chi connectivity index (χ1v) is 6.60. The number of hydrogen-bond donors (Lipinski definition) is 3. The van der Waals surface area contributed by atoms with Gasteiger partial charge < -0.3 is 20.5 Å². The normalized spacial score (nSPS) is 21.5. The molecule has 0 aliphatic carbocycles. The van der Waals surface area contributed by atoms with Crippen molar-refractivity contribution in [3.63, 3.8) is 0 Å². The van der Waals surface area contributed by atoms with Gasteiger partial charge in [0.25, 0.3) is 0 Å². The fourth-order valence-corrected chi connectivity index (χ4v) is 2.32. The molecule has 2 unspecified atom stereocenters. The van der Waals surface area contributed by atoms with Gasteiger partial charge in [-0.2, -0.15) is 0 Å². The van der Waals surface area contributed by atoms with Crippen LogP contribution in [0.5, 0.6) is 0 Å². The van der Waals surface area contributed by atoms with E-state index < -0.39 is 29.8 Å². The first-order chi connectivity index (χ1) is 9.49. The van der Waals surface area contributed by atoms with E-state index in [1.807, 2.05) is 0 Å². The van der Waals surface area contributed by atoms with Crippen LogP contribution < -0.4 is 10.6 Å². The number of nitrogens with one attached hydrogen (secondary N) is 2. The maximum absolute atomic E-state index is 13.5. The summed E-state index contributed by atoms with van der Waals surface area (Å²) in [6, 6.07) is 2.96. The summed E-state index contributed by atoms with van der Waals surface area (Å²) in [6.07, 6.45) is 0. The van der Waals surface area contributed by atoms with E-state index in [0.717, 1.165) is 0 Å². The van der Waals surface area contributed by atoms with Gasteiger partial charge in [-0.25, -0.2) is 9.18 Å². The van der Waals surface area contributed by atoms with Crippen molar-refractivity contribution in [2.75, 3.05) is 18.5 Å². The van der Waals surface area contributed by atoms with Gasteiger partial charge in [-0.15, -0.1) is 0 Å². The Bertz CT molecular complexity index is 520. The predicted octanol–water partition coefficient (Wildman–Crippen LogP) is 1.81. The van der Waals surface area contributed by atoms with E-state index in [2.05, 4.69) is 26.6 Å². The summed E-state index contributed by atoms with van der Waals surface area (Å²) in [5.74, 6) is -2.43. The van der Waals surface area contributed by atoms with Crippen molar-refractivity contribution in [2.45, 2.75) is 6.04 Å². The minimum Gasteiger partial charge on any atom is -0.481 e. The summed E-state index contributed by atoms with van der Waals surface area (Å²) in [6.45, 7) is 0.159. The number of benzene rings is 1. The molecule has 1 heterocycles. The molecule has 1 fully saturated rings. The number of carbonyl (C=O) groups is 2. The molecule has 2 atom stereocenters. The maximum atomic E-state index is 13.5. The summed E-state index contributed by atoms with van der Waals surface area (Å²) >= 11 is 3.12. The summed E-state index contributed by atoms with van der Waals surface area (Å²) in [7, 11) is 0. The molecule has 1 saturated heterocycles. The molecule has 1 aliphatic heterocycles. The van der Waals surface area contributed by atoms with Gasteiger partial charge >= 0.3 is 12.0 Å². The lowest BCUT2D eigenvalue weighted by Gasteiger charge is -2.16. The highest BCUT2D eigenvalue weighted by Gasteiger charge is 2.35. The lowest BCUT2D eigenvalue weighted by Crippen LogP contribution is -2.44. The summed E-state index contributed by atoms with van der Waals surface area (Å²) < 4.78 is 19.0. The van der Waals surface area contributed by atoms with Crippen molar-refractivity contribution < 1.29 is 23.8 Å². The predicted molar refractivity (Wildman–Crippen MR) is 72.0 cm³/mol. The van der Waals surface area contributed by atoms with Crippen LogP contribution in [0, 0.1) is 11.7 Å². The number of hydrogen-bond acceptors (Lipinski definition) is 3. The number of carbonyl (C=O) groups excluding carboxylic acids is 1. The second-order valence-electron chi connectivity index (χ2n) is 4.28. The number of halogens is 2. The lowest BCUT2D eigenvalue weighted by molar-refractivity contribution is -0.142. The Kier molecular flexibility index (Phi) is 4.56. The van der Waals surface area contributed by atoms with Crippen LogP contribution in [-0.2, 0) is 9.53 Å². The monoisotopic (exact) mass is 346 g/mol. The molecule has 0 saturated carbocycles. The number of amides is 2. The van der Waals surface area contributed by atoms with Crippen LogP contribution in [0.15, 0.2) is 22.7 Å². The second kappa shape index (κ2) is 6.19. The van der Waals surface area contributed by atoms with Gasteiger partial charge in [-0.1, -0.05) is 6.07 Å². The Morgan fingerprint density at radius 1 is 1.40 bits per heavy atom. The number of anilines is 1. The zero-order valence-corrected chi connectivity index (χ0v) is 11.8. The highest BCUT2D eigenvalue weighted by atomic mass is 79.9. The van der Waals surface area contributed by atoms with Crippen LogP contribution in [0.25, 0.3) is 0 Å². The molecule has 0 bridgehead atoms. The van der Waals surface area contributed by atoms with Gasteiger partial charge in [0.1, 0.15) is 11.7 Å². The van der Waals surface area contributed by atoms with E-state index in [1.165, 1.54) is 12.1 Å². The quantitative estimate of drug-likeness (QED) is 0.778. The zero-order chi connectivity index (χ0) is 14.7. The van der Waals surface area contributed by atoms with Crippen LogP contribution in [0.1, 0.15) is 0 Å². The molecule has 0 spiro atoms. The van der Waals surface area contributed by atoms with Crippen molar-refractivity contribution >= 4 is 33.6 Å². The van der Waals surface area contributed by atoms with Gasteiger partial charge in [0, 0.05) is 4.47 Å². The molecule has 6 nitrogen and oxygen atoms in total.